The molecule has 1 amide bonds. The largest absolute Gasteiger partial charge is 0.463 e. The molecule has 5 heteroatoms. The molecule has 0 unspecified atom stereocenters. The Bertz CT molecular complexity index is 472. The molecule has 0 fully saturated rings. The normalized spacial score (nSPS) is 10.4. The number of esters is 1. The number of benzene rings is 1. The first-order valence-electron chi connectivity index (χ1n) is 6.14. The molecule has 1 aromatic rings. The lowest BCUT2D eigenvalue weighted by Gasteiger charge is -2.09. The van der Waals surface area contributed by atoms with E-state index in [1.165, 1.54) is 18.2 Å². The molecule has 19 heavy (non-hydrogen) atoms. The van der Waals surface area contributed by atoms with Crippen molar-refractivity contribution < 1.29 is 18.7 Å². The first-order chi connectivity index (χ1) is 8.90. The van der Waals surface area contributed by atoms with E-state index >= 15 is 0 Å². The first-order valence-corrected chi connectivity index (χ1v) is 6.14. The summed E-state index contributed by atoms with van der Waals surface area (Å²) in [6.07, 6.45) is -0.0770. The number of ether oxygens (including phenoxy) is 1. The third-order valence-corrected chi connectivity index (χ3v) is 2.43. The van der Waals surface area contributed by atoms with Crippen molar-refractivity contribution in [2.75, 3.05) is 6.54 Å². The van der Waals surface area contributed by atoms with E-state index in [1.54, 1.807) is 20.8 Å². The molecule has 0 aliphatic carbocycles. The molecule has 4 nitrogen and oxygen atoms in total. The van der Waals surface area contributed by atoms with E-state index in [1.807, 2.05) is 0 Å². The van der Waals surface area contributed by atoms with E-state index in [4.69, 9.17) is 4.74 Å². The zero-order valence-corrected chi connectivity index (χ0v) is 11.3. The van der Waals surface area contributed by atoms with Gasteiger partial charge in [0.05, 0.1) is 12.5 Å². The van der Waals surface area contributed by atoms with Crippen molar-refractivity contribution >= 4 is 11.9 Å². The zero-order valence-electron chi connectivity index (χ0n) is 11.3. The maximum absolute atomic E-state index is 13.0. The second kappa shape index (κ2) is 6.87. The molecule has 104 valence electrons. The lowest BCUT2D eigenvalue weighted by atomic mass is 10.1. The molecule has 0 heterocycles. The number of nitrogens with one attached hydrogen (secondary N) is 1. The number of rotatable bonds is 5. The van der Waals surface area contributed by atoms with Gasteiger partial charge in [-0.25, -0.2) is 4.39 Å². The number of halogens is 1. The summed E-state index contributed by atoms with van der Waals surface area (Å²) >= 11 is 0. The molecular formula is C14H18FNO3. The number of hydrogen-bond acceptors (Lipinski definition) is 3. The van der Waals surface area contributed by atoms with Gasteiger partial charge in [0.15, 0.2) is 0 Å². The van der Waals surface area contributed by atoms with Gasteiger partial charge in [-0.2, -0.15) is 0 Å². The Morgan fingerprint density at radius 3 is 2.68 bits per heavy atom. The topological polar surface area (TPSA) is 55.4 Å². The summed E-state index contributed by atoms with van der Waals surface area (Å²) in [7, 11) is 0. The maximum Gasteiger partial charge on any atom is 0.307 e. The number of carbonyl (C=O) groups is 2. The van der Waals surface area contributed by atoms with Crippen LogP contribution in [0.4, 0.5) is 4.39 Å². The lowest BCUT2D eigenvalue weighted by Crippen LogP contribution is -2.27. The van der Waals surface area contributed by atoms with E-state index in [0.29, 0.717) is 5.56 Å². The van der Waals surface area contributed by atoms with Crippen LogP contribution in [0, 0.1) is 12.7 Å². The Balaban J connectivity index is 2.48. The average molecular weight is 267 g/mol. The van der Waals surface area contributed by atoms with Crippen molar-refractivity contribution in [3.05, 3.63) is 35.1 Å². The minimum absolute atomic E-state index is 0.0955. The molecule has 1 aromatic carbocycles. The highest BCUT2D eigenvalue weighted by molar-refractivity contribution is 5.95. The predicted octanol–water partition coefficient (Wildman–Crippen LogP) is 2.21. The minimum Gasteiger partial charge on any atom is -0.463 e. The van der Waals surface area contributed by atoms with Gasteiger partial charge >= 0.3 is 5.97 Å². The summed E-state index contributed by atoms with van der Waals surface area (Å²) in [6, 6.07) is 4.01. The zero-order chi connectivity index (χ0) is 14.4. The van der Waals surface area contributed by atoms with Crippen molar-refractivity contribution in [1.82, 2.24) is 5.32 Å². The van der Waals surface area contributed by atoms with E-state index in [9.17, 15) is 14.0 Å². The highest BCUT2D eigenvalue weighted by atomic mass is 19.1. The van der Waals surface area contributed by atoms with Crippen molar-refractivity contribution in [3.8, 4) is 0 Å². The van der Waals surface area contributed by atoms with Crippen LogP contribution in [0.2, 0.25) is 0 Å². The van der Waals surface area contributed by atoms with Gasteiger partial charge in [0.2, 0.25) is 0 Å². The highest BCUT2D eigenvalue weighted by Gasteiger charge is 2.11. The molecule has 0 saturated heterocycles. The van der Waals surface area contributed by atoms with Crippen LogP contribution in [0.5, 0.6) is 0 Å². The summed E-state index contributed by atoms with van der Waals surface area (Å²) < 4.78 is 18.0. The monoisotopic (exact) mass is 267 g/mol. The van der Waals surface area contributed by atoms with Crippen molar-refractivity contribution in [3.63, 3.8) is 0 Å². The van der Waals surface area contributed by atoms with Gasteiger partial charge in [0, 0.05) is 12.1 Å². The van der Waals surface area contributed by atoms with Crippen molar-refractivity contribution in [2.24, 2.45) is 0 Å². The highest BCUT2D eigenvalue weighted by Crippen LogP contribution is 2.09. The Kier molecular flexibility index (Phi) is 5.48. The molecular weight excluding hydrogens is 249 g/mol. The van der Waals surface area contributed by atoms with E-state index in [0.717, 1.165) is 0 Å². The Morgan fingerprint density at radius 1 is 1.37 bits per heavy atom. The first kappa shape index (κ1) is 15.1. The van der Waals surface area contributed by atoms with E-state index in [2.05, 4.69) is 5.32 Å². The smallest absolute Gasteiger partial charge is 0.307 e. The second-order valence-electron chi connectivity index (χ2n) is 4.50. The van der Waals surface area contributed by atoms with Crippen LogP contribution in [0.1, 0.15) is 36.2 Å². The molecule has 0 atom stereocenters. The molecule has 0 aliphatic heterocycles. The van der Waals surface area contributed by atoms with Crippen LogP contribution in [0.15, 0.2) is 18.2 Å². The molecule has 1 N–H and O–H groups in total. The molecule has 1 rings (SSSR count). The summed E-state index contributed by atoms with van der Waals surface area (Å²) in [5.41, 5.74) is 0.959. The van der Waals surface area contributed by atoms with Gasteiger partial charge < -0.3 is 10.1 Å². The average Bonchev–Trinajstić information content (AvgIpc) is 2.31. The Hall–Kier alpha value is -1.91. The lowest BCUT2D eigenvalue weighted by molar-refractivity contribution is -0.147. The minimum atomic E-state index is -0.463. The van der Waals surface area contributed by atoms with Crippen molar-refractivity contribution in [2.45, 2.75) is 33.3 Å². The number of aryl methyl sites for hydroxylation is 1. The summed E-state index contributed by atoms with van der Waals surface area (Å²) in [5.74, 6) is -1.23. The Labute approximate surface area is 112 Å². The predicted molar refractivity (Wildman–Crippen MR) is 69.3 cm³/mol. The van der Waals surface area contributed by atoms with Gasteiger partial charge in [-0.15, -0.1) is 0 Å². The van der Waals surface area contributed by atoms with Crippen molar-refractivity contribution in [1.29, 1.82) is 0 Å². The fraction of sp³-hybridized carbons (Fsp3) is 0.429. The quantitative estimate of drug-likeness (QED) is 0.832. The van der Waals surface area contributed by atoms with Crippen LogP contribution >= 0.6 is 0 Å². The van der Waals surface area contributed by atoms with Crippen LogP contribution in [-0.4, -0.2) is 24.5 Å². The summed E-state index contributed by atoms with van der Waals surface area (Å²) in [6.45, 7) is 5.40. The van der Waals surface area contributed by atoms with Gasteiger partial charge in [0.25, 0.3) is 5.91 Å². The third-order valence-electron chi connectivity index (χ3n) is 2.43. The number of carbonyl (C=O) groups excluding carboxylic acids is 2. The number of hydrogen-bond donors (Lipinski definition) is 1. The fourth-order valence-electron chi connectivity index (χ4n) is 1.53. The van der Waals surface area contributed by atoms with Crippen LogP contribution in [0.25, 0.3) is 0 Å². The Morgan fingerprint density at radius 2 is 2.05 bits per heavy atom. The van der Waals surface area contributed by atoms with Gasteiger partial charge in [0.1, 0.15) is 5.82 Å². The summed E-state index contributed by atoms with van der Waals surface area (Å²) in [5, 5.41) is 2.56. The second-order valence-corrected chi connectivity index (χ2v) is 4.50. The fourth-order valence-corrected chi connectivity index (χ4v) is 1.53. The van der Waals surface area contributed by atoms with Gasteiger partial charge in [-0.1, -0.05) is 6.07 Å². The SMILES string of the molecule is Cc1ccc(F)cc1C(=O)NCCC(=O)OC(C)C. The van der Waals surface area contributed by atoms with E-state index in [-0.39, 0.29) is 30.6 Å². The van der Waals surface area contributed by atoms with Crippen LogP contribution < -0.4 is 5.32 Å². The van der Waals surface area contributed by atoms with Crippen LogP contribution in [-0.2, 0) is 9.53 Å². The third kappa shape index (κ3) is 5.07. The maximum atomic E-state index is 13.0. The molecule has 0 aromatic heterocycles. The molecule has 0 spiro atoms. The standard InChI is InChI=1S/C14H18FNO3/c1-9(2)19-13(17)6-7-16-14(18)12-8-11(15)5-4-10(12)3/h4-5,8-9H,6-7H2,1-3H3,(H,16,18). The molecule has 0 bridgehead atoms. The van der Waals surface area contributed by atoms with Crippen LogP contribution in [0.3, 0.4) is 0 Å². The summed E-state index contributed by atoms with van der Waals surface area (Å²) in [4.78, 5) is 23.1. The van der Waals surface area contributed by atoms with E-state index < -0.39 is 11.7 Å². The van der Waals surface area contributed by atoms with Gasteiger partial charge in [-0.05, 0) is 38.5 Å². The molecule has 0 saturated carbocycles. The molecule has 0 aliphatic rings. The van der Waals surface area contributed by atoms with Gasteiger partial charge in [-0.3, -0.25) is 9.59 Å². The number of amides is 1. The molecule has 0 radical (unpaired) electrons.